The van der Waals surface area contributed by atoms with Crippen LogP contribution in [0.4, 0.5) is 4.39 Å². The van der Waals surface area contributed by atoms with Crippen LogP contribution in [0.25, 0.3) is 0 Å². The number of rotatable bonds is 6. The van der Waals surface area contributed by atoms with Crippen LogP contribution in [0.5, 0.6) is 5.75 Å². The summed E-state index contributed by atoms with van der Waals surface area (Å²) in [5.74, 6) is 1.25. The van der Waals surface area contributed by atoms with Gasteiger partial charge in [-0.2, -0.15) is 0 Å². The van der Waals surface area contributed by atoms with Crippen molar-refractivity contribution in [2.45, 2.75) is 65.0 Å². The van der Waals surface area contributed by atoms with Crippen LogP contribution in [0.15, 0.2) is 18.2 Å². The van der Waals surface area contributed by atoms with Crippen LogP contribution in [0.1, 0.15) is 65.9 Å². The first-order valence-electron chi connectivity index (χ1n) is 8.79. The van der Waals surface area contributed by atoms with E-state index in [1.807, 2.05) is 32.9 Å². The van der Waals surface area contributed by atoms with Crippen molar-refractivity contribution in [1.82, 2.24) is 0 Å². The molecule has 0 aliphatic heterocycles. The molecule has 0 amide bonds. The number of benzene rings is 1. The smallest absolute Gasteiger partial charge is 0.165 e. The van der Waals surface area contributed by atoms with Gasteiger partial charge in [-0.1, -0.05) is 26.8 Å². The molecule has 1 aromatic carbocycles. The predicted octanol–water partition coefficient (Wildman–Crippen LogP) is 5.29. The van der Waals surface area contributed by atoms with Crippen molar-refractivity contribution in [3.05, 3.63) is 29.6 Å². The van der Waals surface area contributed by atoms with Gasteiger partial charge in [-0.15, -0.1) is 0 Å². The maximum Gasteiger partial charge on any atom is 0.165 e. The Balaban J connectivity index is 2.25. The highest BCUT2D eigenvalue weighted by Gasteiger charge is 2.32. The van der Waals surface area contributed by atoms with Crippen molar-refractivity contribution in [3.63, 3.8) is 0 Å². The van der Waals surface area contributed by atoms with Gasteiger partial charge in [0.1, 0.15) is 0 Å². The predicted molar refractivity (Wildman–Crippen MR) is 99.6 cm³/mol. The van der Waals surface area contributed by atoms with Gasteiger partial charge >= 0.3 is 0 Å². The van der Waals surface area contributed by atoms with Crippen molar-refractivity contribution < 1.29 is 13.3 Å². The first-order valence-corrected chi connectivity index (χ1v) is 10.1. The molecule has 0 heterocycles. The summed E-state index contributed by atoms with van der Waals surface area (Å²) in [7, 11) is -0.962. The van der Waals surface area contributed by atoms with Gasteiger partial charge in [0.25, 0.3) is 0 Å². The second kappa shape index (κ2) is 7.15. The van der Waals surface area contributed by atoms with Gasteiger partial charge in [0, 0.05) is 27.2 Å². The van der Waals surface area contributed by atoms with Crippen molar-refractivity contribution >= 4 is 10.8 Å². The lowest BCUT2D eigenvalue weighted by Crippen LogP contribution is -2.31. The van der Waals surface area contributed by atoms with Crippen LogP contribution < -0.4 is 4.74 Å². The molecule has 1 aliphatic carbocycles. The molecule has 0 radical (unpaired) electrons. The van der Waals surface area contributed by atoms with Gasteiger partial charge in [-0.3, -0.25) is 4.21 Å². The molecule has 2 rings (SSSR count). The number of ether oxygens (including phenoxy) is 1. The van der Waals surface area contributed by atoms with E-state index in [1.54, 1.807) is 0 Å². The summed E-state index contributed by atoms with van der Waals surface area (Å²) in [5, 5.41) is 0. The van der Waals surface area contributed by atoms with Crippen LogP contribution >= 0.6 is 0 Å². The van der Waals surface area contributed by atoms with E-state index in [0.29, 0.717) is 24.0 Å². The molecule has 1 aromatic rings. The fourth-order valence-corrected chi connectivity index (χ4v) is 4.08. The normalized spacial score (nSPS) is 18.3. The molecule has 0 spiro atoms. The van der Waals surface area contributed by atoms with Gasteiger partial charge in [0.05, 0.1) is 6.61 Å². The van der Waals surface area contributed by atoms with Crippen LogP contribution in [0.2, 0.25) is 0 Å². The molecule has 0 aromatic heterocycles. The number of halogens is 1. The summed E-state index contributed by atoms with van der Waals surface area (Å²) >= 11 is 0. The highest BCUT2D eigenvalue weighted by Crippen LogP contribution is 2.39. The second-order valence-corrected chi connectivity index (χ2v) is 11.2. The highest BCUT2D eigenvalue weighted by molar-refractivity contribution is 7.86. The summed E-state index contributed by atoms with van der Waals surface area (Å²) in [4.78, 5) is 0. The fraction of sp³-hybridized carbons (Fsp3) is 0.700. The highest BCUT2D eigenvalue weighted by atomic mass is 32.2. The van der Waals surface area contributed by atoms with Crippen molar-refractivity contribution in [2.24, 2.45) is 11.3 Å². The van der Waals surface area contributed by atoms with Gasteiger partial charge in [-0.05, 0) is 62.6 Å². The van der Waals surface area contributed by atoms with Gasteiger partial charge < -0.3 is 4.74 Å². The molecule has 0 N–H and O–H groups in total. The molecule has 24 heavy (non-hydrogen) atoms. The lowest BCUT2D eigenvalue weighted by molar-refractivity contribution is 0.283. The zero-order valence-corrected chi connectivity index (χ0v) is 16.6. The monoisotopic (exact) mass is 354 g/mol. The minimum Gasteiger partial charge on any atom is -0.490 e. The van der Waals surface area contributed by atoms with E-state index >= 15 is 0 Å². The second-order valence-electron chi connectivity index (χ2n) is 8.99. The number of hydrogen-bond donors (Lipinski definition) is 0. The van der Waals surface area contributed by atoms with Crippen LogP contribution in [-0.4, -0.2) is 21.3 Å². The molecule has 1 saturated carbocycles. The lowest BCUT2D eigenvalue weighted by Gasteiger charge is -2.33. The van der Waals surface area contributed by atoms with Gasteiger partial charge in [0.15, 0.2) is 11.6 Å². The molecule has 2 atom stereocenters. The third-order valence-corrected chi connectivity index (χ3v) is 6.58. The molecule has 1 fully saturated rings. The molecule has 2 nitrogen and oxygen atoms in total. The molecule has 4 heteroatoms. The average molecular weight is 355 g/mol. The third-order valence-electron chi connectivity index (χ3n) is 4.58. The fourth-order valence-electron chi connectivity index (χ4n) is 2.59. The van der Waals surface area contributed by atoms with Crippen LogP contribution in [0.3, 0.4) is 0 Å². The molecule has 1 aliphatic rings. The van der Waals surface area contributed by atoms with E-state index < -0.39 is 10.8 Å². The summed E-state index contributed by atoms with van der Waals surface area (Å²) in [6.07, 6.45) is 2.35. The Morgan fingerprint density at radius 3 is 2.33 bits per heavy atom. The van der Waals surface area contributed by atoms with E-state index in [1.165, 1.54) is 18.9 Å². The van der Waals surface area contributed by atoms with E-state index in [9.17, 15) is 8.60 Å². The Labute approximate surface area is 148 Å². The SMILES string of the molecule is CC(C)(C)C(C[S@@](=O)C(C)(C)C)c1ccc(F)c(OCC2CC2)c1. The lowest BCUT2D eigenvalue weighted by atomic mass is 9.77. The van der Waals surface area contributed by atoms with Crippen molar-refractivity contribution in [2.75, 3.05) is 12.4 Å². The average Bonchev–Trinajstić information content (AvgIpc) is 3.25. The molecular weight excluding hydrogens is 323 g/mol. The molecule has 0 saturated heterocycles. The van der Waals surface area contributed by atoms with E-state index in [0.717, 1.165) is 5.56 Å². The van der Waals surface area contributed by atoms with Crippen molar-refractivity contribution in [3.8, 4) is 5.75 Å². The largest absolute Gasteiger partial charge is 0.490 e. The molecular formula is C20H31FO2S. The first kappa shape index (κ1) is 19.4. The molecule has 136 valence electrons. The standard InChI is InChI=1S/C20H31FO2S/c1-19(2,3)16(13-24(22)20(4,5)6)15-9-10-17(21)18(11-15)23-12-14-7-8-14/h9-11,14,16H,7-8,12-13H2,1-6H3/t16?,24-/m1/s1. The summed E-state index contributed by atoms with van der Waals surface area (Å²) in [6, 6.07) is 5.11. The van der Waals surface area contributed by atoms with Gasteiger partial charge in [0.2, 0.25) is 0 Å². The Bertz CT molecular complexity index is 595. The zero-order valence-electron chi connectivity index (χ0n) is 15.8. The Morgan fingerprint density at radius 1 is 1.21 bits per heavy atom. The molecule has 0 bridgehead atoms. The maximum absolute atomic E-state index is 14.1. The van der Waals surface area contributed by atoms with Crippen molar-refractivity contribution in [1.29, 1.82) is 0 Å². The van der Waals surface area contributed by atoms with Crippen LogP contribution in [-0.2, 0) is 10.8 Å². The third kappa shape index (κ3) is 5.30. The Kier molecular flexibility index (Phi) is 5.79. The van der Waals surface area contributed by atoms with E-state index in [2.05, 4.69) is 20.8 Å². The minimum absolute atomic E-state index is 0.0630. The minimum atomic E-state index is -0.962. The zero-order chi connectivity index (χ0) is 18.1. The van der Waals surface area contributed by atoms with Crippen LogP contribution in [0, 0.1) is 17.2 Å². The number of hydrogen-bond acceptors (Lipinski definition) is 2. The van der Waals surface area contributed by atoms with E-state index in [-0.39, 0.29) is 21.9 Å². The molecule has 1 unspecified atom stereocenters. The quantitative estimate of drug-likeness (QED) is 0.694. The topological polar surface area (TPSA) is 26.3 Å². The summed E-state index contributed by atoms with van der Waals surface area (Å²) in [5.41, 5.74) is 0.944. The van der Waals surface area contributed by atoms with E-state index in [4.69, 9.17) is 4.74 Å². The maximum atomic E-state index is 14.1. The summed E-state index contributed by atoms with van der Waals surface area (Å²) < 4.78 is 32.2. The Hall–Kier alpha value is -0.900. The summed E-state index contributed by atoms with van der Waals surface area (Å²) in [6.45, 7) is 13.0. The first-order chi connectivity index (χ1) is 11.0. The van der Waals surface area contributed by atoms with Gasteiger partial charge in [-0.25, -0.2) is 4.39 Å². The Morgan fingerprint density at radius 2 is 1.83 bits per heavy atom.